The van der Waals surface area contributed by atoms with Gasteiger partial charge in [-0.15, -0.1) is 0 Å². The van der Waals surface area contributed by atoms with Gasteiger partial charge in [0.25, 0.3) is 0 Å². The SMILES string of the molecule is CS.O=C(CO)OS. The summed E-state index contributed by atoms with van der Waals surface area (Å²) in [5.74, 6) is -0.738. The summed E-state index contributed by atoms with van der Waals surface area (Å²) in [4.78, 5) is 9.63. The molecule has 0 rings (SSSR count). The Kier molecular flexibility index (Phi) is 14.0. The number of aliphatic hydroxyl groups excluding tert-OH is 1. The average molecular weight is 156 g/mol. The van der Waals surface area contributed by atoms with Crippen LogP contribution in [-0.4, -0.2) is 23.9 Å². The maximum atomic E-state index is 9.63. The van der Waals surface area contributed by atoms with Crippen LogP contribution in [0.3, 0.4) is 0 Å². The first-order valence-corrected chi connectivity index (χ1v) is 2.97. The molecule has 3 nitrogen and oxygen atoms in total. The maximum Gasteiger partial charge on any atom is 0.343 e. The molecule has 0 aliphatic carbocycles. The molecule has 0 aromatic carbocycles. The lowest BCUT2D eigenvalue weighted by atomic mass is 10.8. The molecule has 0 amide bonds. The fourth-order valence-electron chi connectivity index (χ4n) is 0.0289. The largest absolute Gasteiger partial charge is 0.393 e. The van der Waals surface area contributed by atoms with Crippen LogP contribution in [0.4, 0.5) is 0 Å². The highest BCUT2D eigenvalue weighted by Crippen LogP contribution is 1.76. The van der Waals surface area contributed by atoms with Gasteiger partial charge in [0, 0.05) is 12.9 Å². The molecule has 1 N–H and O–H groups in total. The minimum absolute atomic E-state index is 0.608. The van der Waals surface area contributed by atoms with Gasteiger partial charge < -0.3 is 9.29 Å². The molecule has 8 heavy (non-hydrogen) atoms. The van der Waals surface area contributed by atoms with Gasteiger partial charge in [-0.05, 0) is 6.26 Å². The summed E-state index contributed by atoms with van der Waals surface area (Å²) in [6.07, 6.45) is 1.69. The number of rotatable bonds is 1. The highest BCUT2D eigenvalue weighted by Gasteiger charge is 1.90. The van der Waals surface area contributed by atoms with Crippen molar-refractivity contribution in [3.63, 3.8) is 0 Å². The van der Waals surface area contributed by atoms with E-state index in [0.29, 0.717) is 0 Å². The summed E-state index contributed by atoms with van der Waals surface area (Å²) in [6, 6.07) is 0. The Morgan fingerprint density at radius 3 is 2.12 bits per heavy atom. The maximum absolute atomic E-state index is 9.63. The van der Waals surface area contributed by atoms with Crippen molar-refractivity contribution in [2.24, 2.45) is 0 Å². The number of hydrogen-bond donors (Lipinski definition) is 3. The van der Waals surface area contributed by atoms with E-state index in [0.717, 1.165) is 0 Å². The fraction of sp³-hybridized carbons (Fsp3) is 0.667. The molecule has 0 saturated heterocycles. The van der Waals surface area contributed by atoms with Crippen molar-refractivity contribution in [1.82, 2.24) is 0 Å². The topological polar surface area (TPSA) is 46.5 Å². The standard InChI is InChI=1S/C2H4O3S.CH4S/c3-1-2(4)5-6;1-2/h3,6H,1H2;2H,1H3. The third-order valence-electron chi connectivity index (χ3n) is 0.231. The van der Waals surface area contributed by atoms with E-state index in [1.165, 1.54) is 0 Å². The molecule has 0 radical (unpaired) electrons. The van der Waals surface area contributed by atoms with Crippen molar-refractivity contribution in [3.8, 4) is 0 Å². The van der Waals surface area contributed by atoms with Gasteiger partial charge in [-0.25, -0.2) is 4.79 Å². The summed E-state index contributed by atoms with van der Waals surface area (Å²) in [6.45, 7) is -0.608. The van der Waals surface area contributed by atoms with Crippen molar-refractivity contribution >= 4 is 31.5 Å². The second kappa shape index (κ2) is 10.2. The van der Waals surface area contributed by atoms with E-state index < -0.39 is 12.6 Å². The van der Waals surface area contributed by atoms with Gasteiger partial charge in [-0.1, -0.05) is 0 Å². The van der Waals surface area contributed by atoms with Crippen molar-refractivity contribution in [1.29, 1.82) is 0 Å². The van der Waals surface area contributed by atoms with E-state index in [4.69, 9.17) is 5.11 Å². The van der Waals surface area contributed by atoms with E-state index in [1.54, 1.807) is 6.26 Å². The Bertz CT molecular complexity index is 50.5. The Hall–Kier alpha value is 0.130. The zero-order valence-corrected chi connectivity index (χ0v) is 6.15. The van der Waals surface area contributed by atoms with Crippen LogP contribution < -0.4 is 0 Å². The van der Waals surface area contributed by atoms with Gasteiger partial charge in [-0.3, -0.25) is 0 Å². The third kappa shape index (κ3) is 9.46. The predicted octanol–water partition coefficient (Wildman–Crippen LogP) is -0.0873. The summed E-state index contributed by atoms with van der Waals surface area (Å²) < 4.78 is 3.70. The van der Waals surface area contributed by atoms with Gasteiger partial charge in [0.15, 0.2) is 0 Å². The number of thiol groups is 2. The Morgan fingerprint density at radius 1 is 1.75 bits per heavy atom. The van der Waals surface area contributed by atoms with Crippen molar-refractivity contribution in [3.05, 3.63) is 0 Å². The van der Waals surface area contributed by atoms with Crippen LogP contribution in [-0.2, 0) is 8.98 Å². The Balaban J connectivity index is 0. The summed E-state index contributed by atoms with van der Waals surface area (Å²) in [5.41, 5.74) is 0. The molecule has 0 atom stereocenters. The molecule has 0 bridgehead atoms. The molecular formula is C3H8O3S2. The van der Waals surface area contributed by atoms with Gasteiger partial charge in [0.1, 0.15) is 6.61 Å². The number of hydrogen-bond acceptors (Lipinski definition) is 5. The lowest BCUT2D eigenvalue weighted by Crippen LogP contribution is -2.01. The Labute approximate surface area is 59.1 Å². The van der Waals surface area contributed by atoms with Crippen LogP contribution in [0.5, 0.6) is 0 Å². The number of carbonyl (C=O) groups is 1. The zero-order valence-electron chi connectivity index (χ0n) is 4.37. The normalized spacial score (nSPS) is 6.50. The molecule has 0 unspecified atom stereocenters. The molecular weight excluding hydrogens is 148 g/mol. The third-order valence-corrected chi connectivity index (χ3v) is 0.435. The quantitative estimate of drug-likeness (QED) is 0.367. The average Bonchev–Trinajstić information content (AvgIpc) is 1.91. The van der Waals surface area contributed by atoms with Crippen molar-refractivity contribution in [2.75, 3.05) is 12.9 Å². The van der Waals surface area contributed by atoms with Crippen LogP contribution in [0.25, 0.3) is 0 Å². The van der Waals surface area contributed by atoms with Crippen molar-refractivity contribution in [2.45, 2.75) is 0 Å². The van der Waals surface area contributed by atoms with E-state index in [2.05, 4.69) is 29.7 Å². The van der Waals surface area contributed by atoms with E-state index in [-0.39, 0.29) is 0 Å². The zero-order chi connectivity index (χ0) is 6.99. The van der Waals surface area contributed by atoms with E-state index in [9.17, 15) is 4.79 Å². The van der Waals surface area contributed by atoms with Crippen LogP contribution >= 0.6 is 25.5 Å². The van der Waals surface area contributed by atoms with E-state index in [1.807, 2.05) is 0 Å². The molecule has 0 aromatic heterocycles. The highest BCUT2D eigenvalue weighted by atomic mass is 32.1. The first kappa shape index (κ1) is 11.0. The summed E-state index contributed by atoms with van der Waals surface area (Å²) >= 11 is 6.61. The molecule has 50 valence electrons. The van der Waals surface area contributed by atoms with Gasteiger partial charge >= 0.3 is 5.97 Å². The second-order valence-electron chi connectivity index (χ2n) is 0.621. The number of carbonyl (C=O) groups excluding carboxylic acids is 1. The van der Waals surface area contributed by atoms with Crippen LogP contribution in [0, 0.1) is 0 Å². The summed E-state index contributed by atoms with van der Waals surface area (Å²) in [5, 5.41) is 7.81. The molecule has 0 fully saturated rings. The fourth-order valence-corrected chi connectivity index (χ4v) is 0.0866. The van der Waals surface area contributed by atoms with Crippen LogP contribution in [0.1, 0.15) is 0 Å². The minimum atomic E-state index is -0.738. The lowest BCUT2D eigenvalue weighted by Gasteiger charge is -1.84. The van der Waals surface area contributed by atoms with Gasteiger partial charge in [0.2, 0.25) is 0 Å². The van der Waals surface area contributed by atoms with Crippen LogP contribution in [0.15, 0.2) is 0 Å². The number of aliphatic hydroxyl groups is 1. The first-order chi connectivity index (χ1) is 3.81. The summed E-state index contributed by atoms with van der Waals surface area (Å²) in [7, 11) is 0. The molecule has 0 spiro atoms. The second-order valence-corrected chi connectivity index (χ2v) is 0.804. The molecule has 0 aliphatic heterocycles. The first-order valence-electron chi connectivity index (χ1n) is 1.71. The van der Waals surface area contributed by atoms with Crippen molar-refractivity contribution < 1.29 is 14.1 Å². The smallest absolute Gasteiger partial charge is 0.343 e. The molecule has 0 saturated carbocycles. The monoisotopic (exact) mass is 156 g/mol. The van der Waals surface area contributed by atoms with Crippen LogP contribution in [0.2, 0.25) is 0 Å². The predicted molar refractivity (Wildman–Crippen MR) is 37.1 cm³/mol. The lowest BCUT2D eigenvalue weighted by molar-refractivity contribution is -0.135. The Morgan fingerprint density at radius 2 is 2.12 bits per heavy atom. The van der Waals surface area contributed by atoms with E-state index >= 15 is 0 Å². The molecule has 0 aliphatic rings. The minimum Gasteiger partial charge on any atom is -0.393 e. The van der Waals surface area contributed by atoms with Gasteiger partial charge in [0.05, 0.1) is 0 Å². The van der Waals surface area contributed by atoms with Gasteiger partial charge in [-0.2, -0.15) is 12.6 Å². The molecule has 5 heteroatoms. The highest BCUT2D eigenvalue weighted by molar-refractivity contribution is 7.79. The molecule has 0 heterocycles. The molecule has 0 aromatic rings.